The number of hydrogen-bond donors (Lipinski definition) is 1. The summed E-state index contributed by atoms with van der Waals surface area (Å²) >= 11 is 0. The minimum Gasteiger partial charge on any atom is -0.381 e. The van der Waals surface area contributed by atoms with Crippen LogP contribution in [0.25, 0.3) is 0 Å². The maximum absolute atomic E-state index is 13.9. The van der Waals surface area contributed by atoms with Gasteiger partial charge in [0.05, 0.1) is 18.6 Å². The van der Waals surface area contributed by atoms with Gasteiger partial charge in [0, 0.05) is 58.5 Å². The number of amides is 1. The fourth-order valence-electron chi connectivity index (χ4n) is 4.74. The van der Waals surface area contributed by atoms with E-state index in [1.54, 1.807) is 6.07 Å². The lowest BCUT2D eigenvalue weighted by molar-refractivity contribution is -0.131. The fraction of sp³-hybridized carbons (Fsp3) is 0.682. The summed E-state index contributed by atoms with van der Waals surface area (Å²) in [5.74, 6) is -0.275. The molecule has 29 heavy (non-hydrogen) atoms. The minimum absolute atomic E-state index is 0.0198. The summed E-state index contributed by atoms with van der Waals surface area (Å²) < 4.78 is 24.8. The van der Waals surface area contributed by atoms with Crippen LogP contribution in [0.1, 0.15) is 24.8 Å². The normalized spacial score (nSPS) is 25.8. The second kappa shape index (κ2) is 9.51. The molecule has 0 saturated carbocycles. The van der Waals surface area contributed by atoms with Gasteiger partial charge >= 0.3 is 0 Å². The number of morpholine rings is 1. The summed E-state index contributed by atoms with van der Waals surface area (Å²) in [5, 5.41) is 3.28. The van der Waals surface area contributed by atoms with Crippen LogP contribution in [0.5, 0.6) is 0 Å². The molecule has 0 radical (unpaired) electrons. The number of nitrogens with one attached hydrogen (secondary N) is 1. The molecule has 3 aliphatic heterocycles. The molecule has 6 nitrogen and oxygen atoms in total. The number of likely N-dealkylation sites (tertiary alicyclic amines) is 1. The molecule has 3 saturated heterocycles. The number of benzene rings is 1. The Kier molecular flexibility index (Phi) is 6.80. The van der Waals surface area contributed by atoms with Crippen molar-refractivity contribution >= 4 is 5.91 Å². The largest absolute Gasteiger partial charge is 0.381 e. The first kappa shape index (κ1) is 20.7. The number of hydrogen-bond acceptors (Lipinski definition) is 5. The molecule has 160 valence electrons. The highest BCUT2D eigenvalue weighted by atomic mass is 19.1. The summed E-state index contributed by atoms with van der Waals surface area (Å²) in [5.41, 5.74) is 0.0714. The Morgan fingerprint density at radius 3 is 2.55 bits per heavy atom. The SMILES string of the molecule is O=C(NC1CCN(CCN2CCOCC2)C1)C1(c2cccc(F)c2)CCOCC1. The maximum atomic E-state index is 13.9. The van der Waals surface area contributed by atoms with Crippen LogP contribution in [-0.4, -0.2) is 87.4 Å². The number of nitrogens with zero attached hydrogens (tertiary/aromatic N) is 2. The van der Waals surface area contributed by atoms with Crippen LogP contribution < -0.4 is 5.32 Å². The molecule has 3 heterocycles. The monoisotopic (exact) mass is 405 g/mol. The van der Waals surface area contributed by atoms with E-state index >= 15 is 0 Å². The number of rotatable bonds is 6. The molecule has 4 rings (SSSR count). The van der Waals surface area contributed by atoms with Gasteiger partial charge < -0.3 is 14.8 Å². The smallest absolute Gasteiger partial charge is 0.231 e. The molecule has 3 fully saturated rings. The van der Waals surface area contributed by atoms with Crippen molar-refractivity contribution in [2.24, 2.45) is 0 Å². The lowest BCUT2D eigenvalue weighted by atomic mass is 9.73. The molecule has 3 aliphatic rings. The van der Waals surface area contributed by atoms with Crippen LogP contribution in [0.15, 0.2) is 24.3 Å². The minimum atomic E-state index is -0.693. The zero-order valence-electron chi connectivity index (χ0n) is 17.1. The van der Waals surface area contributed by atoms with Gasteiger partial charge in [-0.3, -0.25) is 14.6 Å². The van der Waals surface area contributed by atoms with Crippen molar-refractivity contribution in [1.29, 1.82) is 0 Å². The van der Waals surface area contributed by atoms with E-state index in [1.165, 1.54) is 12.1 Å². The number of carbonyl (C=O) groups is 1. The van der Waals surface area contributed by atoms with Crippen LogP contribution in [0.2, 0.25) is 0 Å². The van der Waals surface area contributed by atoms with Gasteiger partial charge in [0.1, 0.15) is 5.82 Å². The van der Waals surface area contributed by atoms with Gasteiger partial charge in [0.15, 0.2) is 0 Å². The molecule has 1 aromatic rings. The molecular weight excluding hydrogens is 373 g/mol. The molecule has 1 aromatic carbocycles. The molecule has 0 bridgehead atoms. The second-order valence-corrected chi connectivity index (χ2v) is 8.42. The van der Waals surface area contributed by atoms with Crippen molar-refractivity contribution in [2.75, 3.05) is 65.7 Å². The Morgan fingerprint density at radius 1 is 1.07 bits per heavy atom. The number of ether oxygens (including phenoxy) is 2. The Labute approximate surface area is 172 Å². The molecule has 0 spiro atoms. The molecule has 1 unspecified atom stereocenters. The van der Waals surface area contributed by atoms with Gasteiger partial charge in [-0.2, -0.15) is 0 Å². The van der Waals surface area contributed by atoms with Crippen molar-refractivity contribution in [1.82, 2.24) is 15.1 Å². The van der Waals surface area contributed by atoms with E-state index in [2.05, 4.69) is 15.1 Å². The van der Waals surface area contributed by atoms with Crippen LogP contribution in [0.4, 0.5) is 4.39 Å². The van der Waals surface area contributed by atoms with Gasteiger partial charge in [-0.05, 0) is 37.0 Å². The Bertz CT molecular complexity index is 690. The van der Waals surface area contributed by atoms with Gasteiger partial charge in [-0.25, -0.2) is 4.39 Å². The van der Waals surface area contributed by atoms with Gasteiger partial charge in [-0.1, -0.05) is 12.1 Å². The lowest BCUT2D eigenvalue weighted by Gasteiger charge is -2.37. The first-order valence-electron chi connectivity index (χ1n) is 10.8. The lowest BCUT2D eigenvalue weighted by Crippen LogP contribution is -2.51. The van der Waals surface area contributed by atoms with Crippen molar-refractivity contribution in [2.45, 2.75) is 30.7 Å². The molecule has 1 N–H and O–H groups in total. The predicted octanol–water partition coefficient (Wildman–Crippen LogP) is 1.40. The maximum Gasteiger partial charge on any atom is 0.231 e. The van der Waals surface area contributed by atoms with E-state index < -0.39 is 5.41 Å². The van der Waals surface area contributed by atoms with Crippen LogP contribution in [-0.2, 0) is 19.7 Å². The third kappa shape index (κ3) is 4.97. The van der Waals surface area contributed by atoms with E-state index in [-0.39, 0.29) is 17.8 Å². The molecule has 1 amide bonds. The summed E-state index contributed by atoms with van der Waals surface area (Å²) in [4.78, 5) is 18.2. The topological polar surface area (TPSA) is 54.0 Å². The first-order valence-corrected chi connectivity index (χ1v) is 10.8. The van der Waals surface area contributed by atoms with Crippen LogP contribution in [0.3, 0.4) is 0 Å². The Balaban J connectivity index is 1.34. The molecule has 0 aromatic heterocycles. The average molecular weight is 406 g/mol. The summed E-state index contributed by atoms with van der Waals surface area (Å²) in [6.45, 7) is 8.68. The summed E-state index contributed by atoms with van der Waals surface area (Å²) in [7, 11) is 0. The van der Waals surface area contributed by atoms with Crippen molar-refractivity contribution in [3.05, 3.63) is 35.6 Å². The third-order valence-electron chi connectivity index (χ3n) is 6.60. The number of halogens is 1. The zero-order chi connectivity index (χ0) is 20.1. The predicted molar refractivity (Wildman–Crippen MR) is 108 cm³/mol. The average Bonchev–Trinajstić information content (AvgIpc) is 3.21. The zero-order valence-corrected chi connectivity index (χ0v) is 17.1. The van der Waals surface area contributed by atoms with E-state index in [1.807, 2.05) is 6.07 Å². The molecule has 1 atom stereocenters. The highest BCUT2D eigenvalue weighted by molar-refractivity contribution is 5.88. The standard InChI is InChI=1S/C22H32FN3O3/c23-19-3-1-2-18(16-19)22(5-12-28-13-6-22)21(27)24-20-4-7-26(17-20)9-8-25-10-14-29-15-11-25/h1-3,16,20H,4-15,17H2,(H,24,27). The molecular formula is C22H32FN3O3. The highest BCUT2D eigenvalue weighted by Crippen LogP contribution is 2.36. The van der Waals surface area contributed by atoms with Crippen molar-refractivity contribution < 1.29 is 18.7 Å². The number of carbonyl (C=O) groups excluding carboxylic acids is 1. The summed E-state index contributed by atoms with van der Waals surface area (Å²) in [6, 6.07) is 6.65. The Morgan fingerprint density at radius 2 is 1.79 bits per heavy atom. The van der Waals surface area contributed by atoms with E-state index in [0.29, 0.717) is 26.1 Å². The van der Waals surface area contributed by atoms with Crippen molar-refractivity contribution in [3.8, 4) is 0 Å². The van der Waals surface area contributed by atoms with E-state index in [0.717, 1.165) is 64.5 Å². The second-order valence-electron chi connectivity index (χ2n) is 8.42. The van der Waals surface area contributed by atoms with Crippen LogP contribution in [0, 0.1) is 5.82 Å². The van der Waals surface area contributed by atoms with E-state index in [9.17, 15) is 9.18 Å². The summed E-state index contributed by atoms with van der Waals surface area (Å²) in [6.07, 6.45) is 2.15. The highest BCUT2D eigenvalue weighted by Gasteiger charge is 2.43. The van der Waals surface area contributed by atoms with Crippen LogP contribution >= 0.6 is 0 Å². The fourth-order valence-corrected chi connectivity index (χ4v) is 4.74. The Hall–Kier alpha value is -1.54. The van der Waals surface area contributed by atoms with Gasteiger partial charge in [0.25, 0.3) is 0 Å². The molecule has 7 heteroatoms. The van der Waals surface area contributed by atoms with Crippen molar-refractivity contribution in [3.63, 3.8) is 0 Å². The van der Waals surface area contributed by atoms with E-state index in [4.69, 9.17) is 9.47 Å². The molecule has 0 aliphatic carbocycles. The first-order chi connectivity index (χ1) is 14.2. The third-order valence-corrected chi connectivity index (χ3v) is 6.60. The quantitative estimate of drug-likeness (QED) is 0.775. The van der Waals surface area contributed by atoms with Gasteiger partial charge in [-0.15, -0.1) is 0 Å². The van der Waals surface area contributed by atoms with Gasteiger partial charge in [0.2, 0.25) is 5.91 Å².